The Bertz CT molecular complexity index is 1850. The van der Waals surface area contributed by atoms with Gasteiger partial charge in [0.2, 0.25) is 0 Å². The maximum atomic E-state index is 2.39. The molecule has 8 rings (SSSR count). The van der Waals surface area contributed by atoms with Gasteiger partial charge in [0.1, 0.15) is 0 Å². The van der Waals surface area contributed by atoms with Gasteiger partial charge in [0.15, 0.2) is 0 Å². The summed E-state index contributed by atoms with van der Waals surface area (Å²) in [5.41, 5.74) is 7.29. The van der Waals surface area contributed by atoms with E-state index in [1.165, 1.54) is 65.8 Å². The summed E-state index contributed by atoms with van der Waals surface area (Å²) in [4.78, 5) is 0. The van der Waals surface area contributed by atoms with E-state index in [2.05, 4.69) is 143 Å². The van der Waals surface area contributed by atoms with Crippen LogP contribution >= 0.6 is 0 Å². The van der Waals surface area contributed by atoms with E-state index in [0.29, 0.717) is 0 Å². The van der Waals surface area contributed by atoms with Crippen LogP contribution < -0.4 is 0 Å². The zero-order valence-electron chi connectivity index (χ0n) is 19.6. The third-order valence-corrected chi connectivity index (χ3v) is 7.48. The van der Waals surface area contributed by atoms with Crippen molar-refractivity contribution in [1.29, 1.82) is 0 Å². The molecule has 2 heterocycles. The molecule has 0 saturated carbocycles. The fourth-order valence-corrected chi connectivity index (χ4v) is 5.90. The number of rotatable bonds is 2. The van der Waals surface area contributed by atoms with Gasteiger partial charge in [0, 0.05) is 32.9 Å². The van der Waals surface area contributed by atoms with Gasteiger partial charge in [-0.25, -0.2) is 0 Å². The van der Waals surface area contributed by atoms with E-state index in [0.717, 1.165) is 0 Å². The van der Waals surface area contributed by atoms with E-state index >= 15 is 0 Å². The monoisotopic (exact) mass is 458 g/mol. The largest absolute Gasteiger partial charge is 0.309 e. The quantitative estimate of drug-likeness (QED) is 0.244. The van der Waals surface area contributed by atoms with Crippen LogP contribution in [0.4, 0.5) is 0 Å². The molecule has 0 radical (unpaired) electrons. The molecule has 0 aliphatic rings. The summed E-state index contributed by atoms with van der Waals surface area (Å²) < 4.78 is 4.77. The Balaban J connectivity index is 1.40. The molecule has 2 aromatic heterocycles. The lowest BCUT2D eigenvalue weighted by Crippen LogP contribution is -1.95. The zero-order chi connectivity index (χ0) is 23.6. The van der Waals surface area contributed by atoms with Gasteiger partial charge < -0.3 is 9.13 Å². The molecule has 0 aliphatic carbocycles. The zero-order valence-corrected chi connectivity index (χ0v) is 19.6. The molecule has 0 N–H and O–H groups in total. The van der Waals surface area contributed by atoms with E-state index < -0.39 is 0 Å². The van der Waals surface area contributed by atoms with E-state index in [-0.39, 0.29) is 0 Å². The second kappa shape index (κ2) is 7.34. The van der Waals surface area contributed by atoms with Crippen LogP contribution in [0.2, 0.25) is 0 Å². The first-order chi connectivity index (χ1) is 17.9. The topological polar surface area (TPSA) is 9.86 Å². The number of hydrogen-bond donors (Lipinski definition) is 0. The molecule has 6 aromatic carbocycles. The Labute approximate surface area is 208 Å². The van der Waals surface area contributed by atoms with Gasteiger partial charge in [-0.05, 0) is 59.3 Å². The van der Waals surface area contributed by atoms with E-state index in [1.807, 2.05) is 0 Å². The minimum absolute atomic E-state index is 1.18. The lowest BCUT2D eigenvalue weighted by molar-refractivity contribution is 1.18. The Morgan fingerprint density at radius 2 is 0.639 bits per heavy atom. The van der Waals surface area contributed by atoms with Crippen LogP contribution in [0.5, 0.6) is 0 Å². The van der Waals surface area contributed by atoms with Crippen molar-refractivity contribution in [1.82, 2.24) is 9.13 Å². The molecule has 0 bridgehead atoms. The summed E-state index contributed by atoms with van der Waals surface area (Å²) in [7, 11) is 0. The second-order valence-electron chi connectivity index (χ2n) is 9.46. The van der Waals surface area contributed by atoms with Crippen LogP contribution in [-0.4, -0.2) is 9.13 Å². The highest BCUT2D eigenvalue weighted by atomic mass is 15.0. The van der Waals surface area contributed by atoms with Crippen LogP contribution in [0.3, 0.4) is 0 Å². The predicted molar refractivity (Wildman–Crippen MR) is 153 cm³/mol. The van der Waals surface area contributed by atoms with Gasteiger partial charge in [0.05, 0.1) is 22.1 Å². The number of fused-ring (bicyclic) bond motifs is 7. The van der Waals surface area contributed by atoms with Gasteiger partial charge >= 0.3 is 0 Å². The number of nitrogens with zero attached hydrogens (tertiary/aromatic N) is 2. The third kappa shape index (κ3) is 2.67. The highest BCUT2D eigenvalue weighted by molar-refractivity contribution is 6.10. The van der Waals surface area contributed by atoms with Gasteiger partial charge in [-0.3, -0.25) is 0 Å². The summed E-state index contributed by atoms with van der Waals surface area (Å²) in [5, 5.41) is 7.61. The lowest BCUT2D eigenvalue weighted by Gasteiger charge is -2.12. The molecule has 8 aromatic rings. The first kappa shape index (κ1) is 19.5. The predicted octanol–water partition coefficient (Wildman–Crippen LogP) is 9.03. The van der Waals surface area contributed by atoms with Gasteiger partial charge in [-0.1, -0.05) is 84.9 Å². The lowest BCUT2D eigenvalue weighted by atomic mass is 10.1. The summed E-state index contributed by atoms with van der Waals surface area (Å²) in [6.45, 7) is 0. The smallest absolute Gasteiger partial charge is 0.0541 e. The van der Waals surface area contributed by atoms with Crippen LogP contribution in [0, 0.1) is 0 Å². The maximum Gasteiger partial charge on any atom is 0.0541 e. The second-order valence-corrected chi connectivity index (χ2v) is 9.46. The fraction of sp³-hybridized carbons (Fsp3) is 0. The molecule has 36 heavy (non-hydrogen) atoms. The molecular formula is C34H22N2. The molecule has 0 aliphatic heterocycles. The third-order valence-electron chi connectivity index (χ3n) is 7.48. The van der Waals surface area contributed by atoms with Crippen molar-refractivity contribution < 1.29 is 0 Å². The molecule has 0 spiro atoms. The van der Waals surface area contributed by atoms with Gasteiger partial charge in [-0.15, -0.1) is 0 Å². The summed E-state index contributed by atoms with van der Waals surface area (Å²) in [6.07, 6.45) is 0. The summed E-state index contributed by atoms with van der Waals surface area (Å²) in [6, 6.07) is 48.3. The van der Waals surface area contributed by atoms with E-state index in [1.54, 1.807) is 0 Å². The minimum atomic E-state index is 1.18. The van der Waals surface area contributed by atoms with Crippen molar-refractivity contribution in [3.63, 3.8) is 0 Å². The highest BCUT2D eigenvalue weighted by Crippen LogP contribution is 2.35. The average molecular weight is 459 g/mol. The SMILES string of the molecule is c1ccc2c(c1)c1ccccc1n2-c1ccc2ccc(-n3c4ccccc4c4ccccc43)cc2c1. The average Bonchev–Trinajstić information content (AvgIpc) is 3.46. The molecule has 0 fully saturated rings. The number of hydrogen-bond acceptors (Lipinski definition) is 0. The Hall–Kier alpha value is -4.82. The van der Waals surface area contributed by atoms with Crippen molar-refractivity contribution in [2.45, 2.75) is 0 Å². The molecule has 2 heteroatoms. The van der Waals surface area contributed by atoms with Crippen molar-refractivity contribution >= 4 is 54.4 Å². The Morgan fingerprint density at radius 3 is 1.00 bits per heavy atom. The Morgan fingerprint density at radius 1 is 0.306 bits per heavy atom. The highest BCUT2D eigenvalue weighted by Gasteiger charge is 2.14. The maximum absolute atomic E-state index is 2.39. The van der Waals surface area contributed by atoms with Crippen molar-refractivity contribution in [2.75, 3.05) is 0 Å². The van der Waals surface area contributed by atoms with Crippen LogP contribution in [0.15, 0.2) is 133 Å². The van der Waals surface area contributed by atoms with Gasteiger partial charge in [0.25, 0.3) is 0 Å². The minimum Gasteiger partial charge on any atom is -0.309 e. The summed E-state index contributed by atoms with van der Waals surface area (Å²) in [5.74, 6) is 0. The molecule has 168 valence electrons. The summed E-state index contributed by atoms with van der Waals surface area (Å²) >= 11 is 0. The molecule has 0 amide bonds. The molecule has 0 saturated heterocycles. The normalized spacial score (nSPS) is 11.9. The van der Waals surface area contributed by atoms with Gasteiger partial charge in [-0.2, -0.15) is 0 Å². The van der Waals surface area contributed by atoms with Crippen molar-refractivity contribution in [3.05, 3.63) is 133 Å². The first-order valence-corrected chi connectivity index (χ1v) is 12.4. The van der Waals surface area contributed by atoms with Crippen molar-refractivity contribution in [3.8, 4) is 11.4 Å². The van der Waals surface area contributed by atoms with E-state index in [9.17, 15) is 0 Å². The van der Waals surface area contributed by atoms with Crippen LogP contribution in [0.1, 0.15) is 0 Å². The molecule has 2 nitrogen and oxygen atoms in total. The Kier molecular flexibility index (Phi) is 3.97. The standard InChI is InChI=1S/C34H22N2/c1-5-13-31-27(9-1)28-10-2-6-14-32(28)35(31)25-19-17-23-18-20-26(22-24(23)21-25)36-33-15-7-3-11-29(33)30-12-4-8-16-34(30)36/h1-22H. The van der Waals surface area contributed by atoms with E-state index in [4.69, 9.17) is 0 Å². The number of aromatic nitrogens is 2. The van der Waals surface area contributed by atoms with Crippen molar-refractivity contribution in [2.24, 2.45) is 0 Å². The fourth-order valence-electron chi connectivity index (χ4n) is 5.90. The van der Waals surface area contributed by atoms with Crippen LogP contribution in [-0.2, 0) is 0 Å². The van der Waals surface area contributed by atoms with Crippen LogP contribution in [0.25, 0.3) is 65.8 Å². The first-order valence-electron chi connectivity index (χ1n) is 12.4. The number of benzene rings is 6. The number of para-hydroxylation sites is 4. The molecule has 0 atom stereocenters. The molecule has 0 unspecified atom stereocenters. The molecular weight excluding hydrogens is 436 g/mol.